The number of carbonyl (C=O) groups is 1. The van der Waals surface area contributed by atoms with Gasteiger partial charge in [-0.1, -0.05) is 17.8 Å². The summed E-state index contributed by atoms with van der Waals surface area (Å²) in [6, 6.07) is 5.61. The minimum atomic E-state index is -0.141. The van der Waals surface area contributed by atoms with Crippen LogP contribution in [-0.2, 0) is 4.79 Å². The second-order valence-electron chi connectivity index (χ2n) is 5.01. The fourth-order valence-corrected chi connectivity index (χ4v) is 2.92. The lowest BCUT2D eigenvalue weighted by molar-refractivity contribution is -0.759. The van der Waals surface area contributed by atoms with E-state index >= 15 is 0 Å². The average Bonchev–Trinajstić information content (AvgIpc) is 3.03. The molecule has 8 heteroatoms. The maximum absolute atomic E-state index is 11.9. The van der Waals surface area contributed by atoms with Crippen molar-refractivity contribution in [1.82, 2.24) is 10.3 Å². The minimum Gasteiger partial charge on any atom is -0.288 e. The molecule has 0 unspecified atom stereocenters. The van der Waals surface area contributed by atoms with Crippen LogP contribution in [0.2, 0.25) is 0 Å². The number of anilines is 1. The number of carbonyl (C=O) groups excluding carboxylic acids is 1. The normalized spacial score (nSPS) is 14.8. The molecule has 1 N–H and O–H groups in total. The first kappa shape index (κ1) is 14.8. The Balaban J connectivity index is 1.50. The molecule has 1 saturated heterocycles. The zero-order chi connectivity index (χ0) is 15.2. The zero-order valence-corrected chi connectivity index (χ0v) is 13.0. The molecule has 2 aromatic heterocycles. The van der Waals surface area contributed by atoms with E-state index in [-0.39, 0.29) is 11.7 Å². The molecule has 116 valence electrons. The van der Waals surface area contributed by atoms with E-state index in [1.165, 1.54) is 18.2 Å². The lowest BCUT2D eigenvalue weighted by Gasteiger charge is -2.17. The van der Waals surface area contributed by atoms with Gasteiger partial charge in [-0.2, -0.15) is 5.01 Å². The number of aromatic nitrogens is 3. The van der Waals surface area contributed by atoms with Crippen LogP contribution in [0, 0.1) is 0 Å². The van der Waals surface area contributed by atoms with Crippen LogP contribution in [-0.4, -0.2) is 35.0 Å². The van der Waals surface area contributed by atoms with Crippen molar-refractivity contribution in [1.29, 1.82) is 0 Å². The van der Waals surface area contributed by atoms with Gasteiger partial charge in [-0.25, -0.2) is 4.98 Å². The molecule has 0 aliphatic carbocycles. The van der Waals surface area contributed by atoms with Crippen LogP contribution in [0.3, 0.4) is 0 Å². The molecule has 3 heterocycles. The van der Waals surface area contributed by atoms with Crippen molar-refractivity contribution in [2.75, 3.05) is 29.2 Å². The van der Waals surface area contributed by atoms with Gasteiger partial charge in [-0.15, -0.1) is 0 Å². The van der Waals surface area contributed by atoms with E-state index in [9.17, 15) is 4.79 Å². The first-order valence-corrected chi connectivity index (χ1v) is 8.27. The molecule has 0 atom stereocenters. The van der Waals surface area contributed by atoms with Gasteiger partial charge in [-0.3, -0.25) is 14.6 Å². The van der Waals surface area contributed by atoms with Crippen molar-refractivity contribution < 1.29 is 14.1 Å². The number of hydrogen-bond acceptors (Lipinski definition) is 6. The van der Waals surface area contributed by atoms with Gasteiger partial charge in [0.25, 0.3) is 6.20 Å². The quantitative estimate of drug-likeness (QED) is 0.659. The van der Waals surface area contributed by atoms with E-state index in [2.05, 4.69) is 20.6 Å². The van der Waals surface area contributed by atoms with Crippen LogP contribution in [0.5, 0.6) is 0 Å². The van der Waals surface area contributed by atoms with Gasteiger partial charge < -0.3 is 0 Å². The second-order valence-corrected chi connectivity index (χ2v) is 6.00. The molecule has 0 radical (unpaired) electrons. The summed E-state index contributed by atoms with van der Waals surface area (Å²) < 4.78 is 5.16. The Kier molecular flexibility index (Phi) is 4.89. The first-order chi connectivity index (χ1) is 10.8. The molecule has 1 amide bonds. The van der Waals surface area contributed by atoms with Crippen molar-refractivity contribution in [2.24, 2.45) is 0 Å². The van der Waals surface area contributed by atoms with Crippen molar-refractivity contribution in [3.05, 3.63) is 30.6 Å². The van der Waals surface area contributed by atoms with Gasteiger partial charge in [0.15, 0.2) is 0 Å². The molecule has 0 saturated carbocycles. The lowest BCUT2D eigenvalue weighted by Crippen LogP contribution is -2.60. The minimum absolute atomic E-state index is 0.141. The Labute approximate surface area is 132 Å². The molecular weight excluding hydrogens is 302 g/mol. The molecule has 0 aromatic carbocycles. The van der Waals surface area contributed by atoms with E-state index in [1.807, 2.05) is 18.2 Å². The summed E-state index contributed by atoms with van der Waals surface area (Å²) in [4.78, 5) is 17.7. The average molecular weight is 320 g/mol. The molecule has 2 aromatic rings. The summed E-state index contributed by atoms with van der Waals surface area (Å²) >= 11 is 1.38. The Morgan fingerprint density at radius 3 is 3.00 bits per heavy atom. The SMILES string of the molecule is O=C(CSc1ccccn1)Nc1c[n+](N2CCCCC2)no1. The maximum atomic E-state index is 11.9. The number of piperidine rings is 1. The van der Waals surface area contributed by atoms with Crippen LogP contribution in [0.1, 0.15) is 19.3 Å². The summed E-state index contributed by atoms with van der Waals surface area (Å²) in [5, 5.41) is 9.57. The molecule has 1 aliphatic heterocycles. The molecule has 7 nitrogen and oxygen atoms in total. The topological polar surface area (TPSA) is 75.1 Å². The molecule has 22 heavy (non-hydrogen) atoms. The Bertz CT molecular complexity index is 613. The highest BCUT2D eigenvalue weighted by atomic mass is 32.2. The standard InChI is InChI=1S/C14H17N5O2S/c20-12(11-22-14-6-2-3-7-15-14)16-13-10-19(17-21-13)18-8-4-1-5-9-18/h2-3,6-7,10H,1,4-5,8-9,11H2/p+1. The van der Waals surface area contributed by atoms with Gasteiger partial charge in [-0.05, 0) is 31.4 Å². The highest BCUT2D eigenvalue weighted by Gasteiger charge is 2.23. The van der Waals surface area contributed by atoms with E-state index < -0.39 is 0 Å². The van der Waals surface area contributed by atoms with Crippen LogP contribution in [0.4, 0.5) is 5.88 Å². The first-order valence-electron chi connectivity index (χ1n) is 7.29. The number of rotatable bonds is 5. The number of hydrogen-bond donors (Lipinski definition) is 1. The summed E-state index contributed by atoms with van der Waals surface area (Å²) in [6.07, 6.45) is 6.97. The molecule has 0 spiro atoms. The number of amides is 1. The van der Waals surface area contributed by atoms with E-state index in [0.717, 1.165) is 31.0 Å². The highest BCUT2D eigenvalue weighted by molar-refractivity contribution is 7.99. The second kappa shape index (κ2) is 7.26. The number of nitrogens with zero attached hydrogens (tertiary/aromatic N) is 4. The highest BCUT2D eigenvalue weighted by Crippen LogP contribution is 2.14. The monoisotopic (exact) mass is 320 g/mol. The van der Waals surface area contributed by atoms with Gasteiger partial charge in [0.2, 0.25) is 11.2 Å². The largest absolute Gasteiger partial charge is 0.305 e. The summed E-state index contributed by atoms with van der Waals surface area (Å²) in [6.45, 7) is 1.92. The summed E-state index contributed by atoms with van der Waals surface area (Å²) in [5.41, 5.74) is 0. The lowest BCUT2D eigenvalue weighted by atomic mass is 10.2. The molecule has 1 aliphatic rings. The van der Waals surface area contributed by atoms with E-state index in [1.54, 1.807) is 17.2 Å². The van der Waals surface area contributed by atoms with Crippen LogP contribution in [0.15, 0.2) is 40.1 Å². The smallest absolute Gasteiger partial charge is 0.288 e. The van der Waals surface area contributed by atoms with Crippen molar-refractivity contribution in [2.45, 2.75) is 24.3 Å². The van der Waals surface area contributed by atoms with Gasteiger partial charge in [0.05, 0.1) is 28.7 Å². The van der Waals surface area contributed by atoms with E-state index in [4.69, 9.17) is 4.52 Å². The van der Waals surface area contributed by atoms with Crippen LogP contribution < -0.4 is 15.1 Å². The number of pyridine rings is 1. The Morgan fingerprint density at radius 1 is 1.36 bits per heavy atom. The molecule has 3 rings (SSSR count). The number of thioether (sulfide) groups is 1. The van der Waals surface area contributed by atoms with Crippen LogP contribution in [0.25, 0.3) is 0 Å². The predicted molar refractivity (Wildman–Crippen MR) is 82.1 cm³/mol. The van der Waals surface area contributed by atoms with Crippen molar-refractivity contribution in [3.8, 4) is 0 Å². The fourth-order valence-electron chi connectivity index (χ4n) is 2.25. The fraction of sp³-hybridized carbons (Fsp3) is 0.429. The Hall–Kier alpha value is -2.09. The molecule has 0 bridgehead atoms. The summed E-state index contributed by atoms with van der Waals surface area (Å²) in [5.74, 6) is 0.497. The third-order valence-corrected chi connectivity index (χ3v) is 4.27. The van der Waals surface area contributed by atoms with Crippen LogP contribution >= 0.6 is 11.8 Å². The molecular formula is C14H18N5O2S+. The van der Waals surface area contributed by atoms with Gasteiger partial charge in [0, 0.05) is 6.20 Å². The zero-order valence-electron chi connectivity index (χ0n) is 12.1. The van der Waals surface area contributed by atoms with E-state index in [0.29, 0.717) is 5.88 Å². The number of nitrogens with one attached hydrogen (secondary N) is 1. The Morgan fingerprint density at radius 2 is 2.23 bits per heavy atom. The molecule has 1 fully saturated rings. The third kappa shape index (κ3) is 3.97. The van der Waals surface area contributed by atoms with Gasteiger partial charge in [0.1, 0.15) is 0 Å². The van der Waals surface area contributed by atoms with Gasteiger partial charge >= 0.3 is 5.88 Å². The maximum Gasteiger partial charge on any atom is 0.305 e. The predicted octanol–water partition coefficient (Wildman–Crippen LogP) is 1.21. The summed E-state index contributed by atoms with van der Waals surface area (Å²) in [7, 11) is 0. The van der Waals surface area contributed by atoms with Crippen molar-refractivity contribution in [3.63, 3.8) is 0 Å². The van der Waals surface area contributed by atoms with Crippen molar-refractivity contribution >= 4 is 23.6 Å². The third-order valence-electron chi connectivity index (χ3n) is 3.33.